The van der Waals surface area contributed by atoms with Gasteiger partial charge in [0.15, 0.2) is 0 Å². The summed E-state index contributed by atoms with van der Waals surface area (Å²) in [5, 5.41) is 7.58. The molecule has 0 spiro atoms. The molecule has 1 atom stereocenters. The van der Waals surface area contributed by atoms with Crippen molar-refractivity contribution in [3.05, 3.63) is 22.4 Å². The predicted molar refractivity (Wildman–Crippen MR) is 67.4 cm³/mol. The topological polar surface area (TPSA) is 84.2 Å². The van der Waals surface area contributed by atoms with E-state index in [9.17, 15) is 9.59 Å². The maximum Gasteiger partial charge on any atom is 0.235 e. The van der Waals surface area contributed by atoms with E-state index in [0.717, 1.165) is 4.88 Å². The van der Waals surface area contributed by atoms with Gasteiger partial charge >= 0.3 is 0 Å². The average Bonchev–Trinajstić information content (AvgIpc) is 2.77. The lowest BCUT2D eigenvalue weighted by Crippen LogP contribution is -2.44. The monoisotopic (exact) mass is 255 g/mol. The number of carbonyl (C=O) groups excluding carboxylic acids is 2. The lowest BCUT2D eigenvalue weighted by atomic mass is 10.2. The van der Waals surface area contributed by atoms with Gasteiger partial charge in [0.25, 0.3) is 0 Å². The van der Waals surface area contributed by atoms with E-state index in [-0.39, 0.29) is 12.3 Å². The largest absolute Gasteiger partial charge is 0.368 e. The molecule has 0 aliphatic carbocycles. The molecule has 1 aromatic heterocycles. The first-order chi connectivity index (χ1) is 8.13. The van der Waals surface area contributed by atoms with Gasteiger partial charge in [-0.2, -0.15) is 0 Å². The zero-order chi connectivity index (χ0) is 12.7. The van der Waals surface area contributed by atoms with Crippen LogP contribution in [0.25, 0.3) is 0 Å². The van der Waals surface area contributed by atoms with E-state index < -0.39 is 11.9 Å². The molecule has 5 nitrogen and oxygen atoms in total. The van der Waals surface area contributed by atoms with Crippen LogP contribution in [0.2, 0.25) is 0 Å². The van der Waals surface area contributed by atoms with E-state index in [1.165, 1.54) is 0 Å². The average molecular weight is 255 g/mol. The summed E-state index contributed by atoms with van der Waals surface area (Å²) in [5.41, 5.74) is 5.24. The highest BCUT2D eigenvalue weighted by molar-refractivity contribution is 7.09. The van der Waals surface area contributed by atoms with Crippen LogP contribution in [0.15, 0.2) is 17.5 Å². The third-order valence-electron chi connectivity index (χ3n) is 2.21. The minimum Gasteiger partial charge on any atom is -0.368 e. The Balaban J connectivity index is 2.43. The van der Waals surface area contributed by atoms with E-state index in [1.54, 1.807) is 11.3 Å². The van der Waals surface area contributed by atoms with Crippen molar-refractivity contribution in [2.45, 2.75) is 25.9 Å². The van der Waals surface area contributed by atoms with Gasteiger partial charge in [-0.15, -0.1) is 11.3 Å². The fourth-order valence-electron chi connectivity index (χ4n) is 1.37. The molecule has 0 bridgehead atoms. The van der Waals surface area contributed by atoms with Gasteiger partial charge in [-0.05, 0) is 18.4 Å². The molecule has 17 heavy (non-hydrogen) atoms. The second-order valence-electron chi connectivity index (χ2n) is 3.57. The van der Waals surface area contributed by atoms with E-state index in [4.69, 9.17) is 5.73 Å². The second kappa shape index (κ2) is 7.03. The molecular weight excluding hydrogens is 238 g/mol. The van der Waals surface area contributed by atoms with E-state index in [1.807, 2.05) is 24.4 Å². The first-order valence-electron chi connectivity index (χ1n) is 5.45. The van der Waals surface area contributed by atoms with Crippen LogP contribution in [-0.4, -0.2) is 24.4 Å². The molecule has 1 aromatic rings. The highest BCUT2D eigenvalue weighted by atomic mass is 32.1. The summed E-state index contributed by atoms with van der Waals surface area (Å²) in [6, 6.07) is 3.27. The van der Waals surface area contributed by atoms with Crippen LogP contribution in [0.1, 0.15) is 18.2 Å². The van der Waals surface area contributed by atoms with Gasteiger partial charge in [0.1, 0.15) is 0 Å². The Hall–Kier alpha value is -1.40. The Labute approximate surface area is 104 Å². The molecule has 0 saturated heterocycles. The van der Waals surface area contributed by atoms with Gasteiger partial charge in [0.2, 0.25) is 11.8 Å². The van der Waals surface area contributed by atoms with Crippen LogP contribution in [0, 0.1) is 0 Å². The number of primary amides is 1. The number of rotatable bonds is 7. The molecule has 1 heterocycles. The highest BCUT2D eigenvalue weighted by Crippen LogP contribution is 2.08. The van der Waals surface area contributed by atoms with Gasteiger partial charge in [0.05, 0.1) is 12.5 Å². The number of carbonyl (C=O) groups is 2. The first-order valence-corrected chi connectivity index (χ1v) is 6.33. The minimum absolute atomic E-state index is 0.0779. The van der Waals surface area contributed by atoms with Crippen LogP contribution < -0.4 is 16.4 Å². The van der Waals surface area contributed by atoms with Gasteiger partial charge in [-0.1, -0.05) is 6.07 Å². The van der Waals surface area contributed by atoms with E-state index in [2.05, 4.69) is 10.6 Å². The standard InChI is InChI=1S/C11H17N3O2S/c1-2-13-10(15)6-9(11(12)16)14-7-8-4-3-5-17-8/h3-5,9,14H,2,6-7H2,1H3,(H2,12,16)(H,13,15). The Morgan fingerprint density at radius 1 is 1.53 bits per heavy atom. The van der Waals surface area contributed by atoms with Crippen molar-refractivity contribution in [2.24, 2.45) is 5.73 Å². The third kappa shape index (κ3) is 4.97. The van der Waals surface area contributed by atoms with E-state index >= 15 is 0 Å². The van der Waals surface area contributed by atoms with E-state index in [0.29, 0.717) is 13.1 Å². The van der Waals surface area contributed by atoms with Crippen LogP contribution in [0.4, 0.5) is 0 Å². The van der Waals surface area contributed by atoms with Crippen molar-refractivity contribution in [2.75, 3.05) is 6.54 Å². The van der Waals surface area contributed by atoms with Crippen LogP contribution in [-0.2, 0) is 16.1 Å². The lowest BCUT2D eigenvalue weighted by molar-refractivity contribution is -0.126. The van der Waals surface area contributed by atoms with Crippen molar-refractivity contribution in [1.29, 1.82) is 0 Å². The Morgan fingerprint density at radius 3 is 2.82 bits per heavy atom. The number of hydrogen-bond acceptors (Lipinski definition) is 4. The third-order valence-corrected chi connectivity index (χ3v) is 3.09. The quantitative estimate of drug-likeness (QED) is 0.651. The summed E-state index contributed by atoms with van der Waals surface area (Å²) in [4.78, 5) is 23.6. The fraction of sp³-hybridized carbons (Fsp3) is 0.455. The Morgan fingerprint density at radius 2 is 2.29 bits per heavy atom. The molecule has 0 radical (unpaired) electrons. The first kappa shape index (κ1) is 13.7. The molecule has 0 saturated carbocycles. The van der Waals surface area contributed by atoms with Crippen molar-refractivity contribution in [1.82, 2.24) is 10.6 Å². The zero-order valence-electron chi connectivity index (χ0n) is 9.73. The van der Waals surface area contributed by atoms with Crippen molar-refractivity contribution < 1.29 is 9.59 Å². The molecule has 94 valence electrons. The predicted octanol–water partition coefficient (Wildman–Crippen LogP) is 0.218. The van der Waals surface area contributed by atoms with Gasteiger partial charge in [-0.3, -0.25) is 9.59 Å². The number of amides is 2. The number of hydrogen-bond donors (Lipinski definition) is 3. The van der Waals surface area contributed by atoms with Crippen LogP contribution in [0.3, 0.4) is 0 Å². The molecule has 0 aliphatic rings. The second-order valence-corrected chi connectivity index (χ2v) is 4.61. The summed E-state index contributed by atoms with van der Waals surface area (Å²) < 4.78 is 0. The zero-order valence-corrected chi connectivity index (χ0v) is 10.5. The normalized spacial score (nSPS) is 12.1. The number of nitrogens with one attached hydrogen (secondary N) is 2. The molecule has 4 N–H and O–H groups in total. The number of thiophene rings is 1. The Kier molecular flexibility index (Phi) is 5.65. The fourth-order valence-corrected chi connectivity index (χ4v) is 2.02. The molecule has 2 amide bonds. The smallest absolute Gasteiger partial charge is 0.235 e. The maximum atomic E-state index is 11.4. The van der Waals surface area contributed by atoms with Gasteiger partial charge in [-0.25, -0.2) is 0 Å². The van der Waals surface area contributed by atoms with Crippen LogP contribution in [0.5, 0.6) is 0 Å². The summed E-state index contributed by atoms with van der Waals surface area (Å²) in [6.45, 7) is 2.93. The summed E-state index contributed by atoms with van der Waals surface area (Å²) in [7, 11) is 0. The van der Waals surface area contributed by atoms with Gasteiger partial charge < -0.3 is 16.4 Å². The molecular formula is C11H17N3O2S. The van der Waals surface area contributed by atoms with Crippen molar-refractivity contribution >= 4 is 23.2 Å². The highest BCUT2D eigenvalue weighted by Gasteiger charge is 2.18. The summed E-state index contributed by atoms with van der Waals surface area (Å²) >= 11 is 1.59. The number of nitrogens with two attached hydrogens (primary N) is 1. The Bertz CT molecular complexity index is 365. The molecule has 0 aliphatic heterocycles. The molecule has 1 rings (SSSR count). The summed E-state index contributed by atoms with van der Waals surface area (Å²) in [6.07, 6.45) is 0.0779. The maximum absolute atomic E-state index is 11.4. The van der Waals surface area contributed by atoms with Crippen LogP contribution >= 0.6 is 11.3 Å². The lowest BCUT2D eigenvalue weighted by Gasteiger charge is -2.14. The minimum atomic E-state index is -0.622. The molecule has 1 unspecified atom stereocenters. The van der Waals surface area contributed by atoms with Gasteiger partial charge in [0, 0.05) is 18.0 Å². The summed E-state index contributed by atoms with van der Waals surface area (Å²) in [5.74, 6) is -0.678. The SMILES string of the molecule is CCNC(=O)CC(NCc1cccs1)C(N)=O. The van der Waals surface area contributed by atoms with Crippen molar-refractivity contribution in [3.63, 3.8) is 0 Å². The van der Waals surface area contributed by atoms with Crippen molar-refractivity contribution in [3.8, 4) is 0 Å². The molecule has 0 fully saturated rings. The molecule has 0 aromatic carbocycles. The molecule has 6 heteroatoms.